The standard InChI is InChI=1S/C25H23NO4S/c1-16-10-11-18(13-17(16)2)22-23(31-15-20-8-6-12-30-20)25(28)26(24(22)27)14-19-7-4-5-9-21(19)29-3/h4-13H,14-15H2,1-3H3. The lowest BCUT2D eigenvalue weighted by atomic mass is 10.0. The van der Waals surface area contributed by atoms with Crippen molar-refractivity contribution in [3.8, 4) is 5.75 Å². The number of imide groups is 1. The average molecular weight is 434 g/mol. The Hall–Kier alpha value is -3.25. The lowest BCUT2D eigenvalue weighted by Gasteiger charge is -2.17. The van der Waals surface area contributed by atoms with Crippen molar-refractivity contribution in [2.75, 3.05) is 7.11 Å². The molecule has 0 fully saturated rings. The Balaban J connectivity index is 1.71. The van der Waals surface area contributed by atoms with E-state index in [0.717, 1.165) is 28.0 Å². The summed E-state index contributed by atoms with van der Waals surface area (Å²) in [4.78, 5) is 28.6. The zero-order chi connectivity index (χ0) is 22.0. The number of rotatable bonds is 7. The van der Waals surface area contributed by atoms with E-state index in [4.69, 9.17) is 9.15 Å². The fraction of sp³-hybridized carbons (Fsp3) is 0.200. The molecule has 0 N–H and O–H groups in total. The Labute approximate surface area is 185 Å². The molecule has 0 saturated carbocycles. The van der Waals surface area contributed by atoms with E-state index in [0.29, 0.717) is 22.0 Å². The highest BCUT2D eigenvalue weighted by atomic mass is 32.2. The fourth-order valence-electron chi connectivity index (χ4n) is 3.52. The summed E-state index contributed by atoms with van der Waals surface area (Å²) < 4.78 is 10.8. The van der Waals surface area contributed by atoms with E-state index < -0.39 is 0 Å². The summed E-state index contributed by atoms with van der Waals surface area (Å²) in [6.45, 7) is 4.18. The van der Waals surface area contributed by atoms with Crippen LogP contribution in [0.5, 0.6) is 5.75 Å². The van der Waals surface area contributed by atoms with Crippen molar-refractivity contribution in [1.29, 1.82) is 0 Å². The molecule has 0 spiro atoms. The maximum atomic E-state index is 13.5. The van der Waals surface area contributed by atoms with E-state index in [9.17, 15) is 9.59 Å². The molecule has 2 aromatic carbocycles. The van der Waals surface area contributed by atoms with Crippen LogP contribution in [0.3, 0.4) is 0 Å². The Morgan fingerprint density at radius 3 is 2.48 bits per heavy atom. The highest BCUT2D eigenvalue weighted by Crippen LogP contribution is 2.39. The lowest BCUT2D eigenvalue weighted by molar-refractivity contribution is -0.137. The molecule has 0 unspecified atom stereocenters. The molecule has 6 heteroatoms. The summed E-state index contributed by atoms with van der Waals surface area (Å²) in [6, 6.07) is 16.9. The largest absolute Gasteiger partial charge is 0.496 e. The molecule has 0 radical (unpaired) electrons. The van der Waals surface area contributed by atoms with Crippen LogP contribution in [0.4, 0.5) is 0 Å². The molecule has 0 atom stereocenters. The van der Waals surface area contributed by atoms with Crippen molar-refractivity contribution in [2.45, 2.75) is 26.1 Å². The Kier molecular flexibility index (Phi) is 6.00. The number of methoxy groups -OCH3 is 1. The number of para-hydroxylation sites is 1. The summed E-state index contributed by atoms with van der Waals surface area (Å²) >= 11 is 1.33. The van der Waals surface area contributed by atoms with Crippen molar-refractivity contribution < 1.29 is 18.7 Å². The van der Waals surface area contributed by atoms with Gasteiger partial charge in [-0.3, -0.25) is 14.5 Å². The molecule has 0 bridgehead atoms. The monoisotopic (exact) mass is 433 g/mol. The molecule has 0 saturated heterocycles. The van der Waals surface area contributed by atoms with Gasteiger partial charge in [-0.25, -0.2) is 0 Å². The first kappa shape index (κ1) is 21.0. The summed E-state index contributed by atoms with van der Waals surface area (Å²) in [5.41, 5.74) is 4.19. The summed E-state index contributed by atoms with van der Waals surface area (Å²) in [6.07, 6.45) is 1.60. The van der Waals surface area contributed by atoms with Crippen molar-refractivity contribution >= 4 is 29.1 Å². The third-order valence-electron chi connectivity index (χ3n) is 5.38. The second-order valence-corrected chi connectivity index (χ2v) is 8.37. The second-order valence-electron chi connectivity index (χ2n) is 7.38. The maximum absolute atomic E-state index is 13.5. The van der Waals surface area contributed by atoms with E-state index >= 15 is 0 Å². The van der Waals surface area contributed by atoms with Crippen LogP contribution in [-0.2, 0) is 21.9 Å². The van der Waals surface area contributed by atoms with Crippen molar-refractivity contribution in [1.82, 2.24) is 4.90 Å². The minimum atomic E-state index is -0.291. The smallest absolute Gasteiger partial charge is 0.268 e. The normalized spacial score (nSPS) is 14.0. The third kappa shape index (κ3) is 4.16. The van der Waals surface area contributed by atoms with E-state index in [1.54, 1.807) is 13.4 Å². The van der Waals surface area contributed by atoms with Crippen LogP contribution in [0.15, 0.2) is 70.2 Å². The van der Waals surface area contributed by atoms with Gasteiger partial charge < -0.3 is 9.15 Å². The summed E-state index contributed by atoms with van der Waals surface area (Å²) in [7, 11) is 1.58. The summed E-state index contributed by atoms with van der Waals surface area (Å²) in [5.74, 6) is 1.28. The van der Waals surface area contributed by atoms with E-state index in [1.807, 2.05) is 68.4 Å². The topological polar surface area (TPSA) is 59.8 Å². The molecule has 3 aromatic rings. The number of benzene rings is 2. The van der Waals surface area contributed by atoms with Gasteiger partial charge in [-0.1, -0.05) is 36.4 Å². The van der Waals surface area contributed by atoms with Gasteiger partial charge in [0.25, 0.3) is 11.8 Å². The number of carbonyl (C=O) groups excluding carboxylic acids is 2. The van der Waals surface area contributed by atoms with Crippen LogP contribution in [0.2, 0.25) is 0 Å². The first-order valence-electron chi connectivity index (χ1n) is 9.94. The number of thioether (sulfide) groups is 1. The van der Waals surface area contributed by atoms with Crippen LogP contribution in [0, 0.1) is 13.8 Å². The molecule has 0 aliphatic carbocycles. The zero-order valence-electron chi connectivity index (χ0n) is 17.7. The zero-order valence-corrected chi connectivity index (χ0v) is 18.5. The molecule has 2 amide bonds. The number of ether oxygens (including phenoxy) is 1. The van der Waals surface area contributed by atoms with E-state index in [2.05, 4.69) is 0 Å². The Morgan fingerprint density at radius 2 is 1.77 bits per heavy atom. The van der Waals surface area contributed by atoms with Gasteiger partial charge in [-0.05, 0) is 48.7 Å². The van der Waals surface area contributed by atoms with Gasteiger partial charge in [0, 0.05) is 5.56 Å². The Morgan fingerprint density at radius 1 is 0.968 bits per heavy atom. The fourth-order valence-corrected chi connectivity index (χ4v) is 4.56. The van der Waals surface area contributed by atoms with Gasteiger partial charge in [0.1, 0.15) is 11.5 Å². The Bertz CT molecular complexity index is 1160. The molecular weight excluding hydrogens is 410 g/mol. The molecular formula is C25H23NO4S. The number of furan rings is 1. The number of nitrogens with zero attached hydrogens (tertiary/aromatic N) is 1. The van der Waals surface area contributed by atoms with Gasteiger partial charge in [-0.15, -0.1) is 11.8 Å². The highest BCUT2D eigenvalue weighted by molar-refractivity contribution is 8.03. The molecule has 5 nitrogen and oxygen atoms in total. The lowest BCUT2D eigenvalue weighted by Crippen LogP contribution is -2.31. The predicted octanol–water partition coefficient (Wildman–Crippen LogP) is 5.12. The van der Waals surface area contributed by atoms with Gasteiger partial charge >= 0.3 is 0 Å². The quantitative estimate of drug-likeness (QED) is 0.484. The van der Waals surface area contributed by atoms with Crippen molar-refractivity contribution in [3.05, 3.63) is 93.8 Å². The van der Waals surface area contributed by atoms with E-state index in [1.165, 1.54) is 16.7 Å². The van der Waals surface area contributed by atoms with Crippen LogP contribution in [-0.4, -0.2) is 23.8 Å². The second kappa shape index (κ2) is 8.86. The SMILES string of the molecule is COc1ccccc1CN1C(=O)C(SCc2ccco2)=C(c2ccc(C)c(C)c2)C1=O. The highest BCUT2D eigenvalue weighted by Gasteiger charge is 2.39. The summed E-state index contributed by atoms with van der Waals surface area (Å²) in [5, 5.41) is 0. The maximum Gasteiger partial charge on any atom is 0.268 e. The van der Waals surface area contributed by atoms with Gasteiger partial charge in [0.2, 0.25) is 0 Å². The number of hydrogen-bond donors (Lipinski definition) is 0. The van der Waals surface area contributed by atoms with Gasteiger partial charge in [0.15, 0.2) is 0 Å². The minimum absolute atomic E-state index is 0.154. The van der Waals surface area contributed by atoms with Crippen LogP contribution < -0.4 is 4.74 Å². The van der Waals surface area contributed by atoms with Crippen LogP contribution in [0.25, 0.3) is 5.57 Å². The van der Waals surface area contributed by atoms with Crippen molar-refractivity contribution in [3.63, 3.8) is 0 Å². The first-order chi connectivity index (χ1) is 15.0. The van der Waals surface area contributed by atoms with Crippen LogP contribution in [0.1, 0.15) is 28.0 Å². The van der Waals surface area contributed by atoms with Crippen molar-refractivity contribution in [2.24, 2.45) is 0 Å². The predicted molar refractivity (Wildman–Crippen MR) is 121 cm³/mol. The number of hydrogen-bond acceptors (Lipinski definition) is 5. The molecule has 2 heterocycles. The minimum Gasteiger partial charge on any atom is -0.496 e. The van der Waals surface area contributed by atoms with E-state index in [-0.39, 0.29) is 18.4 Å². The molecule has 1 aromatic heterocycles. The molecule has 1 aliphatic heterocycles. The number of carbonyl (C=O) groups is 2. The van der Waals surface area contributed by atoms with Gasteiger partial charge in [-0.2, -0.15) is 0 Å². The van der Waals surface area contributed by atoms with Gasteiger partial charge in [0.05, 0.1) is 36.1 Å². The molecule has 31 heavy (non-hydrogen) atoms. The first-order valence-corrected chi connectivity index (χ1v) is 10.9. The average Bonchev–Trinajstić information content (AvgIpc) is 3.37. The molecule has 1 aliphatic rings. The molecule has 4 rings (SSSR count). The number of amides is 2. The number of aryl methyl sites for hydroxylation is 2. The molecule has 158 valence electrons. The van der Waals surface area contributed by atoms with Crippen LogP contribution >= 0.6 is 11.8 Å². The third-order valence-corrected chi connectivity index (χ3v) is 6.48.